The summed E-state index contributed by atoms with van der Waals surface area (Å²) in [6.07, 6.45) is 2.10. The maximum absolute atomic E-state index is 6.20. The van der Waals surface area contributed by atoms with Crippen LogP contribution >= 0.6 is 23.2 Å². The van der Waals surface area contributed by atoms with Crippen LogP contribution in [0.3, 0.4) is 0 Å². The van der Waals surface area contributed by atoms with Gasteiger partial charge in [-0.1, -0.05) is 62.0 Å². The first kappa shape index (κ1) is 13.8. The van der Waals surface area contributed by atoms with Crippen LogP contribution in [0.2, 0.25) is 10.0 Å². The number of nitrogens with one attached hydrogen (secondary N) is 1. The number of hydrazine groups is 1. The van der Waals surface area contributed by atoms with Crippen molar-refractivity contribution in [3.05, 3.63) is 33.8 Å². The van der Waals surface area contributed by atoms with E-state index in [0.29, 0.717) is 16.0 Å². The van der Waals surface area contributed by atoms with Gasteiger partial charge in [-0.25, -0.2) is 0 Å². The van der Waals surface area contributed by atoms with Crippen LogP contribution in [0.1, 0.15) is 38.3 Å². The molecule has 0 amide bonds. The zero-order valence-electron chi connectivity index (χ0n) is 9.63. The largest absolute Gasteiger partial charge is 0.271 e. The van der Waals surface area contributed by atoms with E-state index in [1.807, 2.05) is 12.1 Å². The molecule has 0 saturated carbocycles. The van der Waals surface area contributed by atoms with E-state index < -0.39 is 0 Å². The molecule has 90 valence electrons. The molecule has 0 aliphatic heterocycles. The second-order valence-electron chi connectivity index (χ2n) is 3.86. The van der Waals surface area contributed by atoms with Gasteiger partial charge in [0.15, 0.2) is 0 Å². The fraction of sp³-hybridized carbons (Fsp3) is 0.500. The van der Waals surface area contributed by atoms with E-state index in [1.165, 1.54) is 0 Å². The molecule has 0 fully saturated rings. The smallest absolute Gasteiger partial charge is 0.0640 e. The summed E-state index contributed by atoms with van der Waals surface area (Å²) in [6, 6.07) is 5.71. The molecule has 1 aromatic rings. The van der Waals surface area contributed by atoms with Crippen molar-refractivity contribution in [1.29, 1.82) is 0 Å². The van der Waals surface area contributed by atoms with Gasteiger partial charge in [0, 0.05) is 0 Å². The second-order valence-corrected chi connectivity index (χ2v) is 4.65. The van der Waals surface area contributed by atoms with Gasteiger partial charge in [0.25, 0.3) is 0 Å². The molecule has 0 spiro atoms. The summed E-state index contributed by atoms with van der Waals surface area (Å²) in [4.78, 5) is 0. The lowest BCUT2D eigenvalue weighted by atomic mass is 9.89. The Kier molecular flexibility index (Phi) is 5.56. The van der Waals surface area contributed by atoms with Crippen LogP contribution in [-0.2, 0) is 0 Å². The Labute approximate surface area is 107 Å². The van der Waals surface area contributed by atoms with E-state index in [1.54, 1.807) is 6.07 Å². The summed E-state index contributed by atoms with van der Waals surface area (Å²) < 4.78 is 0. The fourth-order valence-corrected chi connectivity index (χ4v) is 2.43. The van der Waals surface area contributed by atoms with Crippen molar-refractivity contribution in [3.63, 3.8) is 0 Å². The quantitative estimate of drug-likeness (QED) is 0.622. The first-order valence-electron chi connectivity index (χ1n) is 5.55. The van der Waals surface area contributed by atoms with Crippen molar-refractivity contribution in [2.45, 2.75) is 32.7 Å². The van der Waals surface area contributed by atoms with Crippen molar-refractivity contribution < 1.29 is 0 Å². The highest BCUT2D eigenvalue weighted by Gasteiger charge is 2.22. The summed E-state index contributed by atoms with van der Waals surface area (Å²) >= 11 is 12.2. The number of rotatable bonds is 5. The van der Waals surface area contributed by atoms with Crippen molar-refractivity contribution in [3.8, 4) is 0 Å². The Hall–Kier alpha value is -0.280. The molecule has 0 heterocycles. The van der Waals surface area contributed by atoms with E-state index >= 15 is 0 Å². The third kappa shape index (κ3) is 2.89. The normalized spacial score (nSPS) is 13.1. The molecule has 2 nitrogen and oxygen atoms in total. The molecule has 0 bridgehead atoms. The van der Waals surface area contributed by atoms with Gasteiger partial charge >= 0.3 is 0 Å². The van der Waals surface area contributed by atoms with Gasteiger partial charge in [-0.2, -0.15) is 0 Å². The molecule has 0 aliphatic carbocycles. The molecule has 0 radical (unpaired) electrons. The molecule has 1 unspecified atom stereocenters. The molecule has 4 heteroatoms. The standard InChI is InChI=1S/C12H18Cl2N2/c1-3-8(4-2)12(16-15)9-6-5-7-10(13)11(9)14/h5-8,12,16H,3-4,15H2,1-2H3. The molecule has 0 saturated heterocycles. The van der Waals surface area contributed by atoms with Crippen LogP contribution < -0.4 is 11.3 Å². The second kappa shape index (κ2) is 6.45. The van der Waals surface area contributed by atoms with Gasteiger partial charge in [0.05, 0.1) is 16.1 Å². The minimum Gasteiger partial charge on any atom is -0.271 e. The SMILES string of the molecule is CCC(CC)C(NN)c1cccc(Cl)c1Cl. The minimum absolute atomic E-state index is 0.0567. The first-order chi connectivity index (χ1) is 7.65. The number of nitrogens with two attached hydrogens (primary N) is 1. The molecule has 1 atom stereocenters. The van der Waals surface area contributed by atoms with E-state index in [0.717, 1.165) is 18.4 Å². The summed E-state index contributed by atoms with van der Waals surface area (Å²) in [7, 11) is 0. The van der Waals surface area contributed by atoms with Gasteiger partial charge in [-0.3, -0.25) is 11.3 Å². The number of benzene rings is 1. The Morgan fingerprint density at radius 1 is 1.25 bits per heavy atom. The van der Waals surface area contributed by atoms with Gasteiger partial charge in [-0.05, 0) is 17.5 Å². The predicted molar refractivity (Wildman–Crippen MR) is 70.6 cm³/mol. The molecule has 3 N–H and O–H groups in total. The highest BCUT2D eigenvalue weighted by Crippen LogP contribution is 2.34. The lowest BCUT2D eigenvalue weighted by molar-refractivity contribution is 0.345. The highest BCUT2D eigenvalue weighted by atomic mass is 35.5. The van der Waals surface area contributed by atoms with Crippen LogP contribution in [-0.4, -0.2) is 0 Å². The van der Waals surface area contributed by atoms with Crippen molar-refractivity contribution in [1.82, 2.24) is 5.43 Å². The van der Waals surface area contributed by atoms with Crippen LogP contribution in [0, 0.1) is 5.92 Å². The van der Waals surface area contributed by atoms with Gasteiger partial charge in [-0.15, -0.1) is 0 Å². The lowest BCUT2D eigenvalue weighted by Gasteiger charge is -2.26. The van der Waals surface area contributed by atoms with Gasteiger partial charge in [0.2, 0.25) is 0 Å². The van der Waals surface area contributed by atoms with Gasteiger partial charge < -0.3 is 0 Å². The Morgan fingerprint density at radius 2 is 1.88 bits per heavy atom. The summed E-state index contributed by atoms with van der Waals surface area (Å²) in [6.45, 7) is 4.30. The molecule has 1 aromatic carbocycles. The molecule has 16 heavy (non-hydrogen) atoms. The topological polar surface area (TPSA) is 38.0 Å². The van der Waals surface area contributed by atoms with E-state index in [2.05, 4.69) is 19.3 Å². The minimum atomic E-state index is 0.0567. The first-order valence-corrected chi connectivity index (χ1v) is 6.31. The highest BCUT2D eigenvalue weighted by molar-refractivity contribution is 6.42. The van der Waals surface area contributed by atoms with E-state index in [9.17, 15) is 0 Å². The zero-order valence-corrected chi connectivity index (χ0v) is 11.1. The maximum atomic E-state index is 6.20. The van der Waals surface area contributed by atoms with Crippen LogP contribution in [0.4, 0.5) is 0 Å². The third-order valence-electron chi connectivity index (χ3n) is 3.02. The number of hydrogen-bond acceptors (Lipinski definition) is 2. The predicted octanol–water partition coefficient (Wildman–Crippen LogP) is 3.93. The monoisotopic (exact) mass is 260 g/mol. The molecule has 0 aliphatic rings. The fourth-order valence-electron chi connectivity index (χ4n) is 2.00. The van der Waals surface area contributed by atoms with E-state index in [4.69, 9.17) is 29.0 Å². The van der Waals surface area contributed by atoms with Crippen LogP contribution in [0.5, 0.6) is 0 Å². The Bertz CT molecular complexity index is 338. The summed E-state index contributed by atoms with van der Waals surface area (Å²) in [5.41, 5.74) is 3.82. The van der Waals surface area contributed by atoms with Crippen LogP contribution in [0.25, 0.3) is 0 Å². The van der Waals surface area contributed by atoms with Crippen LogP contribution in [0.15, 0.2) is 18.2 Å². The molecule has 1 rings (SSSR count). The zero-order chi connectivity index (χ0) is 12.1. The average Bonchev–Trinajstić information content (AvgIpc) is 2.30. The van der Waals surface area contributed by atoms with Crippen molar-refractivity contribution in [2.24, 2.45) is 11.8 Å². The number of halogens is 2. The van der Waals surface area contributed by atoms with Crippen molar-refractivity contribution >= 4 is 23.2 Å². The molecule has 0 aromatic heterocycles. The summed E-state index contributed by atoms with van der Waals surface area (Å²) in [5, 5.41) is 1.17. The Morgan fingerprint density at radius 3 is 2.38 bits per heavy atom. The molecular formula is C12H18Cl2N2. The van der Waals surface area contributed by atoms with E-state index in [-0.39, 0.29) is 6.04 Å². The lowest BCUT2D eigenvalue weighted by Crippen LogP contribution is -2.33. The third-order valence-corrected chi connectivity index (χ3v) is 3.85. The number of hydrogen-bond donors (Lipinski definition) is 2. The average molecular weight is 261 g/mol. The maximum Gasteiger partial charge on any atom is 0.0640 e. The van der Waals surface area contributed by atoms with Gasteiger partial charge in [0.1, 0.15) is 0 Å². The molecular weight excluding hydrogens is 243 g/mol. The van der Waals surface area contributed by atoms with Crippen molar-refractivity contribution in [2.75, 3.05) is 0 Å². The summed E-state index contributed by atoms with van der Waals surface area (Å²) in [5.74, 6) is 6.08. The Balaban J connectivity index is 3.07.